The van der Waals surface area contributed by atoms with Crippen molar-refractivity contribution >= 4 is 18.0 Å². The highest BCUT2D eigenvalue weighted by Crippen LogP contribution is 2.46. The first-order chi connectivity index (χ1) is 13.0. The zero-order valence-corrected chi connectivity index (χ0v) is 15.0. The van der Waals surface area contributed by atoms with Crippen molar-refractivity contribution in [3.8, 4) is 11.5 Å². The molecule has 0 radical (unpaired) electrons. The number of hydrogen-bond acceptors (Lipinski definition) is 5. The minimum Gasteiger partial charge on any atom is -0.494 e. The van der Waals surface area contributed by atoms with Crippen molar-refractivity contribution in [2.45, 2.75) is 18.9 Å². The maximum Gasteiger partial charge on any atom is 0.330 e. The first-order valence-corrected chi connectivity index (χ1v) is 8.55. The van der Waals surface area contributed by atoms with Gasteiger partial charge >= 0.3 is 11.9 Å². The second-order valence-corrected chi connectivity index (χ2v) is 6.01. The topological polar surface area (TPSA) is 82.1 Å². The van der Waals surface area contributed by atoms with Crippen LogP contribution in [0, 0.1) is 0 Å². The van der Waals surface area contributed by atoms with Crippen LogP contribution >= 0.6 is 0 Å². The van der Waals surface area contributed by atoms with E-state index in [1.807, 2.05) is 19.1 Å². The molecule has 6 heteroatoms. The fraction of sp³-hybridized carbons (Fsp3) is 0.238. The van der Waals surface area contributed by atoms with Crippen LogP contribution in [0.25, 0.3) is 6.08 Å². The van der Waals surface area contributed by atoms with E-state index in [9.17, 15) is 14.7 Å². The summed E-state index contributed by atoms with van der Waals surface area (Å²) in [5, 5.41) is 9.78. The number of carboxylic acids is 1. The zero-order valence-electron chi connectivity index (χ0n) is 15.0. The van der Waals surface area contributed by atoms with Crippen molar-refractivity contribution in [2.75, 3.05) is 13.7 Å². The standard InChI is InChI=1S/C21H20O6/c1-3-26-15-8-6-14(7-9-15)20-19(21(23)24)16-12-13(4-10-17(16)27-20)5-11-18(22)25-2/h4-12,19-20H,3H2,1-2H3,(H,23,24)/b11-5+. The third-order valence-corrected chi connectivity index (χ3v) is 4.32. The summed E-state index contributed by atoms with van der Waals surface area (Å²) in [7, 11) is 1.30. The van der Waals surface area contributed by atoms with Crippen LogP contribution in [0.15, 0.2) is 48.5 Å². The number of hydrogen-bond donors (Lipinski definition) is 1. The molecule has 3 rings (SSSR count). The fourth-order valence-corrected chi connectivity index (χ4v) is 3.06. The van der Waals surface area contributed by atoms with Gasteiger partial charge < -0.3 is 19.3 Å². The van der Waals surface area contributed by atoms with Gasteiger partial charge in [-0.05, 0) is 48.4 Å². The largest absolute Gasteiger partial charge is 0.494 e. The number of methoxy groups -OCH3 is 1. The van der Waals surface area contributed by atoms with Crippen molar-refractivity contribution in [3.63, 3.8) is 0 Å². The van der Waals surface area contributed by atoms with Gasteiger partial charge in [-0.1, -0.05) is 18.2 Å². The molecule has 1 aliphatic heterocycles. The van der Waals surface area contributed by atoms with E-state index < -0.39 is 24.0 Å². The molecule has 0 aliphatic carbocycles. The van der Waals surface area contributed by atoms with Crippen LogP contribution in [-0.2, 0) is 14.3 Å². The van der Waals surface area contributed by atoms with Crippen molar-refractivity contribution in [3.05, 3.63) is 65.2 Å². The maximum atomic E-state index is 11.9. The summed E-state index contributed by atoms with van der Waals surface area (Å²) in [6, 6.07) is 12.4. The molecule has 0 aromatic heterocycles. The Balaban J connectivity index is 1.91. The zero-order chi connectivity index (χ0) is 19.4. The fourth-order valence-electron chi connectivity index (χ4n) is 3.06. The van der Waals surface area contributed by atoms with E-state index in [4.69, 9.17) is 9.47 Å². The van der Waals surface area contributed by atoms with Crippen molar-refractivity contribution in [1.29, 1.82) is 0 Å². The number of carbonyl (C=O) groups is 2. The van der Waals surface area contributed by atoms with Gasteiger partial charge in [0, 0.05) is 11.6 Å². The molecule has 1 heterocycles. The van der Waals surface area contributed by atoms with Crippen molar-refractivity contribution in [2.24, 2.45) is 0 Å². The average Bonchev–Trinajstić information content (AvgIpc) is 3.05. The second kappa shape index (κ2) is 7.95. The van der Waals surface area contributed by atoms with Crippen LogP contribution < -0.4 is 9.47 Å². The van der Waals surface area contributed by atoms with Gasteiger partial charge in [0.2, 0.25) is 0 Å². The van der Waals surface area contributed by atoms with Crippen LogP contribution in [0.4, 0.5) is 0 Å². The smallest absolute Gasteiger partial charge is 0.330 e. The van der Waals surface area contributed by atoms with E-state index in [1.165, 1.54) is 13.2 Å². The van der Waals surface area contributed by atoms with Crippen LogP contribution in [0.1, 0.15) is 35.6 Å². The SMILES string of the molecule is CCOc1ccc(C2Oc3ccc(/C=C/C(=O)OC)cc3C2C(=O)O)cc1. The lowest BCUT2D eigenvalue weighted by Crippen LogP contribution is -2.18. The average molecular weight is 368 g/mol. The van der Waals surface area contributed by atoms with Crippen molar-refractivity contribution in [1.82, 2.24) is 0 Å². The van der Waals surface area contributed by atoms with Gasteiger partial charge in [-0.25, -0.2) is 4.79 Å². The summed E-state index contributed by atoms with van der Waals surface area (Å²) in [6.07, 6.45) is 2.24. The van der Waals surface area contributed by atoms with Crippen LogP contribution in [-0.4, -0.2) is 30.8 Å². The Morgan fingerprint density at radius 2 is 1.93 bits per heavy atom. The number of aliphatic carboxylic acids is 1. The molecule has 140 valence electrons. The van der Waals surface area contributed by atoms with E-state index in [0.717, 1.165) is 11.3 Å². The normalized spacial score (nSPS) is 18.0. The highest BCUT2D eigenvalue weighted by Gasteiger charge is 2.40. The highest BCUT2D eigenvalue weighted by molar-refractivity contribution is 5.87. The molecular weight excluding hydrogens is 348 g/mol. The Hall–Kier alpha value is -3.28. The van der Waals surface area contributed by atoms with E-state index in [1.54, 1.807) is 36.4 Å². The molecule has 27 heavy (non-hydrogen) atoms. The minimum atomic E-state index is -0.971. The monoisotopic (exact) mass is 368 g/mol. The number of fused-ring (bicyclic) bond motifs is 1. The quantitative estimate of drug-likeness (QED) is 0.620. The van der Waals surface area contributed by atoms with Gasteiger partial charge in [0.1, 0.15) is 23.5 Å². The Kier molecular flexibility index (Phi) is 5.45. The number of carboxylic acid groups (broad SMARTS) is 1. The maximum absolute atomic E-state index is 11.9. The molecule has 0 spiro atoms. The lowest BCUT2D eigenvalue weighted by atomic mass is 9.90. The summed E-state index contributed by atoms with van der Waals surface area (Å²) in [4.78, 5) is 23.2. The number of rotatable bonds is 6. The van der Waals surface area contributed by atoms with Crippen molar-refractivity contribution < 1.29 is 28.9 Å². The molecule has 2 aromatic rings. The molecule has 0 fully saturated rings. The first-order valence-electron chi connectivity index (χ1n) is 8.55. The summed E-state index contributed by atoms with van der Waals surface area (Å²) in [5.41, 5.74) is 2.03. The lowest BCUT2D eigenvalue weighted by molar-refractivity contribution is -0.140. The van der Waals surface area contributed by atoms with Crippen LogP contribution in [0.3, 0.4) is 0 Å². The Morgan fingerprint density at radius 3 is 2.56 bits per heavy atom. The van der Waals surface area contributed by atoms with Gasteiger partial charge in [-0.3, -0.25) is 4.79 Å². The predicted octanol–water partition coefficient (Wildman–Crippen LogP) is 3.57. The third-order valence-electron chi connectivity index (χ3n) is 4.32. The molecule has 1 aliphatic rings. The van der Waals surface area contributed by atoms with E-state index in [-0.39, 0.29) is 0 Å². The molecule has 2 aromatic carbocycles. The first kappa shape index (κ1) is 18.5. The molecule has 2 unspecified atom stereocenters. The van der Waals surface area contributed by atoms with Gasteiger partial charge in [0.05, 0.1) is 13.7 Å². The Bertz CT molecular complexity index is 869. The summed E-state index contributed by atoms with van der Waals surface area (Å²) in [5.74, 6) is -1.05. The Morgan fingerprint density at radius 1 is 1.19 bits per heavy atom. The summed E-state index contributed by atoms with van der Waals surface area (Å²) < 4.78 is 15.9. The minimum absolute atomic E-state index is 0.478. The van der Waals surface area contributed by atoms with Gasteiger partial charge in [-0.2, -0.15) is 0 Å². The molecule has 0 saturated carbocycles. The molecule has 0 bridgehead atoms. The molecular formula is C21H20O6. The number of ether oxygens (including phenoxy) is 3. The van der Waals surface area contributed by atoms with Gasteiger partial charge in [0.15, 0.2) is 0 Å². The molecule has 0 amide bonds. The van der Waals surface area contributed by atoms with Crippen LogP contribution in [0.2, 0.25) is 0 Å². The number of carbonyl (C=O) groups excluding carboxylic acids is 1. The highest BCUT2D eigenvalue weighted by atomic mass is 16.5. The van der Waals surface area contributed by atoms with Crippen LogP contribution in [0.5, 0.6) is 11.5 Å². The molecule has 2 atom stereocenters. The van der Waals surface area contributed by atoms with E-state index in [2.05, 4.69) is 4.74 Å². The summed E-state index contributed by atoms with van der Waals surface area (Å²) in [6.45, 7) is 2.46. The summed E-state index contributed by atoms with van der Waals surface area (Å²) >= 11 is 0. The Labute approximate surface area is 157 Å². The number of benzene rings is 2. The molecule has 0 saturated heterocycles. The third kappa shape index (κ3) is 3.95. The second-order valence-electron chi connectivity index (χ2n) is 6.01. The molecule has 1 N–H and O–H groups in total. The van der Waals surface area contributed by atoms with E-state index in [0.29, 0.717) is 23.5 Å². The lowest BCUT2D eigenvalue weighted by Gasteiger charge is -2.16. The van der Waals surface area contributed by atoms with E-state index >= 15 is 0 Å². The predicted molar refractivity (Wildman–Crippen MR) is 98.8 cm³/mol. The molecule has 6 nitrogen and oxygen atoms in total. The van der Waals surface area contributed by atoms with Gasteiger partial charge in [0.25, 0.3) is 0 Å². The number of esters is 1. The van der Waals surface area contributed by atoms with Gasteiger partial charge in [-0.15, -0.1) is 0 Å².